The van der Waals surface area contributed by atoms with Crippen LogP contribution in [0.15, 0.2) is 103 Å². The number of hydrogen-bond donors (Lipinski definition) is 0. The highest BCUT2D eigenvalue weighted by Crippen LogP contribution is 2.37. The molecule has 0 spiro atoms. The maximum Gasteiger partial charge on any atom is 0.270 e. The Hall–Kier alpha value is -4.62. The standard InChI is InChI=1S/C32H24IN3O6S/c1-2-41-28-19-22(18-27(33)29(28)42-20-21-13-15-25(16-14-21)36(39)40)17-26-30(37)34(23-9-5-3-6-10-23)32(43)35(31(26)38)24-11-7-4-8-12-24/h3-19H,2,20H2,1H3. The molecule has 1 aliphatic rings. The van der Waals surface area contributed by atoms with Gasteiger partial charge in [0.05, 0.1) is 26.5 Å². The number of benzene rings is 4. The number of para-hydroxylation sites is 2. The van der Waals surface area contributed by atoms with Gasteiger partial charge in [0.2, 0.25) is 0 Å². The number of carbonyl (C=O) groups excluding carboxylic acids is 2. The number of ether oxygens (including phenoxy) is 2. The molecule has 0 aromatic heterocycles. The van der Waals surface area contributed by atoms with Gasteiger partial charge in [0.15, 0.2) is 16.6 Å². The number of anilines is 2. The van der Waals surface area contributed by atoms with E-state index in [0.29, 0.717) is 38.6 Å². The van der Waals surface area contributed by atoms with Crippen molar-refractivity contribution in [3.8, 4) is 11.5 Å². The molecule has 5 rings (SSSR count). The summed E-state index contributed by atoms with van der Waals surface area (Å²) < 4.78 is 12.6. The second-order valence-corrected chi connectivity index (χ2v) is 10.8. The molecule has 0 radical (unpaired) electrons. The van der Waals surface area contributed by atoms with Crippen molar-refractivity contribution in [2.24, 2.45) is 0 Å². The van der Waals surface area contributed by atoms with Gasteiger partial charge in [-0.2, -0.15) is 0 Å². The lowest BCUT2D eigenvalue weighted by atomic mass is 10.0. The maximum absolute atomic E-state index is 13.8. The highest BCUT2D eigenvalue weighted by molar-refractivity contribution is 14.1. The van der Waals surface area contributed by atoms with Gasteiger partial charge < -0.3 is 9.47 Å². The average Bonchev–Trinajstić information content (AvgIpc) is 3.00. The zero-order chi connectivity index (χ0) is 30.5. The first-order valence-electron chi connectivity index (χ1n) is 13.2. The van der Waals surface area contributed by atoms with Crippen LogP contribution in [0.5, 0.6) is 11.5 Å². The number of hydrogen-bond acceptors (Lipinski definition) is 7. The summed E-state index contributed by atoms with van der Waals surface area (Å²) in [7, 11) is 0. The summed E-state index contributed by atoms with van der Waals surface area (Å²) in [5.41, 5.74) is 2.30. The second kappa shape index (κ2) is 13.1. The normalized spacial score (nSPS) is 13.3. The molecule has 0 bridgehead atoms. The highest BCUT2D eigenvalue weighted by atomic mass is 127. The van der Waals surface area contributed by atoms with Crippen molar-refractivity contribution in [3.63, 3.8) is 0 Å². The minimum absolute atomic E-state index is 0.00467. The molecule has 1 aliphatic heterocycles. The van der Waals surface area contributed by atoms with Crippen LogP contribution in [0.2, 0.25) is 0 Å². The Kier molecular flexibility index (Phi) is 9.12. The van der Waals surface area contributed by atoms with E-state index in [0.717, 1.165) is 5.56 Å². The predicted octanol–water partition coefficient (Wildman–Crippen LogP) is 6.93. The van der Waals surface area contributed by atoms with Crippen LogP contribution in [0.25, 0.3) is 6.08 Å². The van der Waals surface area contributed by atoms with Gasteiger partial charge in [-0.1, -0.05) is 36.4 Å². The molecule has 4 aromatic rings. The molecule has 4 aromatic carbocycles. The largest absolute Gasteiger partial charge is 0.490 e. The third kappa shape index (κ3) is 6.42. The van der Waals surface area contributed by atoms with Crippen LogP contribution in [0.4, 0.5) is 17.1 Å². The molecular formula is C32H24IN3O6S. The average molecular weight is 706 g/mol. The Morgan fingerprint density at radius 1 is 0.860 bits per heavy atom. The van der Waals surface area contributed by atoms with Gasteiger partial charge >= 0.3 is 0 Å². The van der Waals surface area contributed by atoms with Crippen molar-refractivity contribution in [1.29, 1.82) is 0 Å². The third-order valence-electron chi connectivity index (χ3n) is 6.45. The van der Waals surface area contributed by atoms with E-state index in [1.165, 1.54) is 28.0 Å². The predicted molar refractivity (Wildman–Crippen MR) is 176 cm³/mol. The Morgan fingerprint density at radius 2 is 1.42 bits per heavy atom. The summed E-state index contributed by atoms with van der Waals surface area (Å²) in [4.78, 5) is 40.9. The van der Waals surface area contributed by atoms with Crippen molar-refractivity contribution >= 4 is 74.9 Å². The Labute approximate surface area is 266 Å². The van der Waals surface area contributed by atoms with Crippen LogP contribution in [-0.4, -0.2) is 28.5 Å². The summed E-state index contributed by atoms with van der Waals surface area (Å²) in [6.45, 7) is 2.34. The maximum atomic E-state index is 13.8. The molecule has 0 saturated carbocycles. The molecule has 0 unspecified atom stereocenters. The molecule has 1 saturated heterocycles. The molecule has 0 N–H and O–H groups in total. The monoisotopic (exact) mass is 705 g/mol. The molecule has 1 heterocycles. The fraction of sp³-hybridized carbons (Fsp3) is 0.0938. The fourth-order valence-electron chi connectivity index (χ4n) is 4.45. The smallest absolute Gasteiger partial charge is 0.270 e. The molecule has 0 atom stereocenters. The first-order valence-corrected chi connectivity index (χ1v) is 14.6. The van der Waals surface area contributed by atoms with Crippen LogP contribution >= 0.6 is 34.8 Å². The van der Waals surface area contributed by atoms with Crippen molar-refractivity contribution < 1.29 is 24.0 Å². The number of nitrogens with zero attached hydrogens (tertiary/aromatic N) is 3. The number of amides is 2. The molecule has 9 nitrogen and oxygen atoms in total. The van der Waals surface area contributed by atoms with Crippen molar-refractivity contribution in [1.82, 2.24) is 0 Å². The number of thiocarbonyl (C=S) groups is 1. The number of non-ortho nitro benzene ring substituents is 1. The minimum atomic E-state index is -0.542. The summed E-state index contributed by atoms with van der Waals surface area (Å²) in [6.07, 6.45) is 1.53. The SMILES string of the molecule is CCOc1cc(C=C2C(=O)N(c3ccccc3)C(=S)N(c3ccccc3)C2=O)cc(I)c1OCc1ccc([N+](=O)[O-])cc1. The van der Waals surface area contributed by atoms with Crippen molar-refractivity contribution in [2.75, 3.05) is 16.4 Å². The third-order valence-corrected chi connectivity index (χ3v) is 7.62. The van der Waals surface area contributed by atoms with Gasteiger partial charge in [0, 0.05) is 12.1 Å². The van der Waals surface area contributed by atoms with Gasteiger partial charge in [0.25, 0.3) is 17.5 Å². The van der Waals surface area contributed by atoms with Crippen LogP contribution < -0.4 is 19.3 Å². The highest BCUT2D eigenvalue weighted by Gasteiger charge is 2.41. The van der Waals surface area contributed by atoms with Gasteiger partial charge in [0.1, 0.15) is 12.2 Å². The van der Waals surface area contributed by atoms with Gasteiger partial charge in [-0.3, -0.25) is 29.5 Å². The molecular weight excluding hydrogens is 681 g/mol. The van der Waals surface area contributed by atoms with E-state index in [-0.39, 0.29) is 23.0 Å². The van der Waals surface area contributed by atoms with E-state index in [1.54, 1.807) is 72.8 Å². The van der Waals surface area contributed by atoms with Gasteiger partial charge in [-0.05, 0) is 107 Å². The van der Waals surface area contributed by atoms with Crippen LogP contribution in [0.3, 0.4) is 0 Å². The number of nitro benzene ring substituents is 1. The Balaban J connectivity index is 1.52. The number of rotatable bonds is 9. The minimum Gasteiger partial charge on any atom is -0.490 e. The van der Waals surface area contributed by atoms with E-state index in [2.05, 4.69) is 22.6 Å². The first kappa shape index (κ1) is 29.9. The summed E-state index contributed by atoms with van der Waals surface area (Å²) >= 11 is 7.79. The molecule has 0 aliphatic carbocycles. The number of carbonyl (C=O) groups is 2. The number of nitro groups is 1. The van der Waals surface area contributed by atoms with E-state index < -0.39 is 16.7 Å². The quantitative estimate of drug-likeness (QED) is 0.0465. The van der Waals surface area contributed by atoms with Gasteiger partial charge in [-0.15, -0.1) is 0 Å². The second-order valence-electron chi connectivity index (χ2n) is 9.27. The molecule has 43 heavy (non-hydrogen) atoms. The molecule has 216 valence electrons. The number of halogens is 1. The Bertz CT molecular complexity index is 1670. The molecule has 11 heteroatoms. The topological polar surface area (TPSA) is 102 Å². The van der Waals surface area contributed by atoms with Crippen LogP contribution in [0, 0.1) is 13.7 Å². The molecule has 1 fully saturated rings. The Morgan fingerprint density at radius 3 is 1.93 bits per heavy atom. The van der Waals surface area contributed by atoms with E-state index in [1.807, 2.05) is 19.1 Å². The van der Waals surface area contributed by atoms with Crippen LogP contribution in [-0.2, 0) is 16.2 Å². The lowest BCUT2D eigenvalue weighted by molar-refractivity contribution is -0.384. The van der Waals surface area contributed by atoms with Crippen LogP contribution in [0.1, 0.15) is 18.1 Å². The van der Waals surface area contributed by atoms with Crippen molar-refractivity contribution in [2.45, 2.75) is 13.5 Å². The van der Waals surface area contributed by atoms with Gasteiger partial charge in [-0.25, -0.2) is 0 Å². The fourth-order valence-corrected chi connectivity index (χ4v) is 5.61. The summed E-state index contributed by atoms with van der Waals surface area (Å²) in [5.74, 6) is -0.184. The first-order chi connectivity index (χ1) is 20.8. The van der Waals surface area contributed by atoms with Crippen molar-refractivity contribution in [3.05, 3.63) is 127 Å². The molecule has 2 amide bonds. The van der Waals surface area contributed by atoms with E-state index >= 15 is 0 Å². The summed E-state index contributed by atoms with van der Waals surface area (Å²) in [6, 6.07) is 27.5. The lowest BCUT2D eigenvalue weighted by Crippen LogP contribution is -2.56. The summed E-state index contributed by atoms with van der Waals surface area (Å²) in [5, 5.41) is 11.0. The van der Waals surface area contributed by atoms with E-state index in [9.17, 15) is 19.7 Å². The lowest BCUT2D eigenvalue weighted by Gasteiger charge is -2.36. The zero-order valence-corrected chi connectivity index (χ0v) is 25.8. The van der Waals surface area contributed by atoms with E-state index in [4.69, 9.17) is 21.7 Å². The zero-order valence-electron chi connectivity index (χ0n) is 22.8.